The highest BCUT2D eigenvalue weighted by molar-refractivity contribution is 9.10. The number of hydrogen-bond acceptors (Lipinski definition) is 4. The molecule has 1 saturated heterocycles. The molecule has 0 bridgehead atoms. The summed E-state index contributed by atoms with van der Waals surface area (Å²) in [6.45, 7) is 4.33. The summed E-state index contributed by atoms with van der Waals surface area (Å²) < 4.78 is 20.3. The largest absolute Gasteiger partial charge is 0.488 e. The zero-order chi connectivity index (χ0) is 19.4. The summed E-state index contributed by atoms with van der Waals surface area (Å²) >= 11 is 9.97. The lowest BCUT2D eigenvalue weighted by atomic mass is 10.1. The van der Waals surface area contributed by atoms with Crippen molar-refractivity contribution in [3.63, 3.8) is 0 Å². The first-order valence-corrected chi connectivity index (χ1v) is 10.0. The Kier molecular flexibility index (Phi) is 6.46. The van der Waals surface area contributed by atoms with Crippen LogP contribution < -0.4 is 4.74 Å². The maximum atomic E-state index is 13.0. The Morgan fingerprint density at radius 2 is 2.00 bits per heavy atom. The highest BCUT2D eigenvalue weighted by atomic mass is 79.9. The van der Waals surface area contributed by atoms with Crippen LogP contribution in [-0.2, 0) is 11.4 Å². The Morgan fingerprint density at radius 3 is 2.70 bits per heavy atom. The number of halogens is 2. The highest BCUT2D eigenvalue weighted by Crippen LogP contribution is 2.35. The highest BCUT2D eigenvalue weighted by Gasteiger charge is 2.31. The van der Waals surface area contributed by atoms with E-state index in [1.807, 2.05) is 18.2 Å². The fourth-order valence-corrected chi connectivity index (χ4v) is 4.08. The van der Waals surface area contributed by atoms with Crippen molar-refractivity contribution in [2.24, 2.45) is 0 Å². The quantitative estimate of drug-likeness (QED) is 0.318. The van der Waals surface area contributed by atoms with E-state index in [9.17, 15) is 9.18 Å². The van der Waals surface area contributed by atoms with Crippen LogP contribution >= 0.6 is 39.9 Å². The Balaban J connectivity index is 1.84. The molecule has 0 aliphatic carbocycles. The fraction of sp³-hybridized carbons (Fsp3) is 0.100. The van der Waals surface area contributed by atoms with Gasteiger partial charge in [-0.05, 0) is 42.0 Å². The van der Waals surface area contributed by atoms with Crippen LogP contribution in [0.15, 0.2) is 64.5 Å². The number of nitrogens with zero attached hydrogens (tertiary/aromatic N) is 1. The van der Waals surface area contributed by atoms with Gasteiger partial charge in [-0.15, -0.1) is 6.58 Å². The minimum Gasteiger partial charge on any atom is -0.488 e. The van der Waals surface area contributed by atoms with E-state index in [4.69, 9.17) is 17.0 Å². The first-order valence-electron chi connectivity index (χ1n) is 8.01. The maximum Gasteiger partial charge on any atom is 0.266 e. The first kappa shape index (κ1) is 19.8. The second kappa shape index (κ2) is 8.82. The van der Waals surface area contributed by atoms with Crippen LogP contribution in [0.2, 0.25) is 0 Å². The molecule has 2 aromatic rings. The molecule has 0 atom stereocenters. The summed E-state index contributed by atoms with van der Waals surface area (Å²) in [7, 11) is 0. The second-order valence-corrected chi connectivity index (χ2v) is 8.27. The zero-order valence-corrected chi connectivity index (χ0v) is 17.4. The molecule has 3 rings (SSSR count). The maximum absolute atomic E-state index is 13.0. The van der Waals surface area contributed by atoms with E-state index in [0.29, 0.717) is 28.1 Å². The van der Waals surface area contributed by atoms with E-state index in [0.717, 1.165) is 15.6 Å². The fourth-order valence-electron chi connectivity index (χ4n) is 2.43. The standard InChI is InChI=1S/C20H15BrFNO2S2/c1-2-9-23-19(24)18(27-20(23)26)11-14-10-15(21)5-8-17(14)25-12-13-3-6-16(22)7-4-13/h2-8,10-11H,1,9,12H2/b18-11+. The van der Waals surface area contributed by atoms with Crippen molar-refractivity contribution in [1.29, 1.82) is 0 Å². The van der Waals surface area contributed by atoms with E-state index in [1.54, 1.807) is 24.3 Å². The molecule has 1 heterocycles. The number of hydrogen-bond donors (Lipinski definition) is 0. The predicted octanol–water partition coefficient (Wildman–Crippen LogP) is 5.55. The molecule has 0 unspecified atom stereocenters. The molecule has 0 radical (unpaired) electrons. The normalized spacial score (nSPS) is 15.5. The molecule has 0 aromatic heterocycles. The predicted molar refractivity (Wildman–Crippen MR) is 115 cm³/mol. The molecular formula is C20H15BrFNO2S2. The first-order chi connectivity index (χ1) is 13.0. The molecule has 2 aromatic carbocycles. The number of thioether (sulfide) groups is 1. The van der Waals surface area contributed by atoms with Crippen LogP contribution in [0.25, 0.3) is 6.08 Å². The molecule has 27 heavy (non-hydrogen) atoms. The van der Waals surface area contributed by atoms with Crippen LogP contribution in [0.3, 0.4) is 0 Å². The molecule has 0 N–H and O–H groups in total. The van der Waals surface area contributed by atoms with E-state index in [2.05, 4.69) is 22.5 Å². The van der Waals surface area contributed by atoms with E-state index in [-0.39, 0.29) is 11.7 Å². The van der Waals surface area contributed by atoms with Crippen molar-refractivity contribution in [3.8, 4) is 5.75 Å². The molecule has 7 heteroatoms. The van der Waals surface area contributed by atoms with Gasteiger partial charge in [0.25, 0.3) is 5.91 Å². The van der Waals surface area contributed by atoms with Gasteiger partial charge >= 0.3 is 0 Å². The number of rotatable bonds is 6. The van der Waals surface area contributed by atoms with Crippen molar-refractivity contribution in [2.45, 2.75) is 6.61 Å². The Hall–Kier alpha value is -1.96. The van der Waals surface area contributed by atoms with Gasteiger partial charge in [0, 0.05) is 16.6 Å². The van der Waals surface area contributed by atoms with Crippen LogP contribution in [0.5, 0.6) is 5.75 Å². The number of benzene rings is 2. The lowest BCUT2D eigenvalue weighted by Gasteiger charge is -2.11. The van der Waals surface area contributed by atoms with E-state index in [1.165, 1.54) is 28.8 Å². The third-order valence-electron chi connectivity index (χ3n) is 3.75. The average Bonchev–Trinajstić information content (AvgIpc) is 2.90. The van der Waals surface area contributed by atoms with Gasteiger partial charge in [0.2, 0.25) is 0 Å². The Labute approximate surface area is 175 Å². The second-order valence-electron chi connectivity index (χ2n) is 5.68. The van der Waals surface area contributed by atoms with Crippen LogP contribution in [0, 0.1) is 5.82 Å². The van der Waals surface area contributed by atoms with Gasteiger partial charge in [-0.1, -0.05) is 58.1 Å². The van der Waals surface area contributed by atoms with Crippen LogP contribution in [0.4, 0.5) is 4.39 Å². The van der Waals surface area contributed by atoms with Crippen molar-refractivity contribution in [2.75, 3.05) is 6.54 Å². The molecule has 0 saturated carbocycles. The SMILES string of the molecule is C=CCN1C(=O)/C(=C\c2cc(Br)ccc2OCc2ccc(F)cc2)SC1=S. The third-order valence-corrected chi connectivity index (χ3v) is 5.62. The Morgan fingerprint density at radius 1 is 1.26 bits per heavy atom. The summed E-state index contributed by atoms with van der Waals surface area (Å²) in [5.74, 6) is 0.190. The summed E-state index contributed by atoms with van der Waals surface area (Å²) in [6, 6.07) is 11.7. The third kappa shape index (κ3) is 4.86. The van der Waals surface area contributed by atoms with Gasteiger partial charge in [-0.25, -0.2) is 4.39 Å². The van der Waals surface area contributed by atoms with Crippen LogP contribution in [-0.4, -0.2) is 21.7 Å². The smallest absolute Gasteiger partial charge is 0.266 e. The van der Waals surface area contributed by atoms with E-state index >= 15 is 0 Å². The lowest BCUT2D eigenvalue weighted by Crippen LogP contribution is -2.27. The molecular weight excluding hydrogens is 449 g/mol. The molecule has 0 spiro atoms. The molecule has 3 nitrogen and oxygen atoms in total. The zero-order valence-electron chi connectivity index (χ0n) is 14.2. The van der Waals surface area contributed by atoms with E-state index < -0.39 is 0 Å². The van der Waals surface area contributed by atoms with Gasteiger partial charge in [0.1, 0.15) is 22.5 Å². The number of carbonyl (C=O) groups is 1. The summed E-state index contributed by atoms with van der Waals surface area (Å²) in [5.41, 5.74) is 1.60. The molecule has 1 fully saturated rings. The number of carbonyl (C=O) groups excluding carboxylic acids is 1. The summed E-state index contributed by atoms with van der Waals surface area (Å²) in [6.07, 6.45) is 3.41. The van der Waals surface area contributed by atoms with Gasteiger partial charge in [-0.3, -0.25) is 9.69 Å². The van der Waals surface area contributed by atoms with Crippen LogP contribution in [0.1, 0.15) is 11.1 Å². The van der Waals surface area contributed by atoms with Crippen molar-refractivity contribution in [1.82, 2.24) is 4.90 Å². The molecule has 1 amide bonds. The average molecular weight is 464 g/mol. The summed E-state index contributed by atoms with van der Waals surface area (Å²) in [5, 5.41) is 0. The lowest BCUT2D eigenvalue weighted by molar-refractivity contribution is -0.121. The number of amides is 1. The summed E-state index contributed by atoms with van der Waals surface area (Å²) in [4.78, 5) is 14.6. The van der Waals surface area contributed by atoms with Gasteiger partial charge < -0.3 is 4.74 Å². The molecule has 1 aliphatic rings. The molecule has 1 aliphatic heterocycles. The van der Waals surface area contributed by atoms with Gasteiger partial charge in [0.05, 0.1) is 4.91 Å². The topological polar surface area (TPSA) is 29.5 Å². The minimum absolute atomic E-state index is 0.144. The Bertz CT molecular complexity index is 928. The van der Waals surface area contributed by atoms with Gasteiger partial charge in [0.15, 0.2) is 0 Å². The van der Waals surface area contributed by atoms with Gasteiger partial charge in [-0.2, -0.15) is 0 Å². The van der Waals surface area contributed by atoms with Crippen molar-refractivity contribution >= 4 is 56.2 Å². The minimum atomic E-state index is -0.287. The van der Waals surface area contributed by atoms with Crippen molar-refractivity contribution < 1.29 is 13.9 Å². The monoisotopic (exact) mass is 463 g/mol. The molecule has 138 valence electrons. The number of ether oxygens (including phenoxy) is 1. The number of thiocarbonyl (C=S) groups is 1. The van der Waals surface area contributed by atoms with Crippen molar-refractivity contribution in [3.05, 3.63) is 81.4 Å².